The zero-order chi connectivity index (χ0) is 14.0. The van der Waals surface area contributed by atoms with Crippen molar-refractivity contribution in [3.05, 3.63) is 35.2 Å². The van der Waals surface area contributed by atoms with Gasteiger partial charge in [0.25, 0.3) is 0 Å². The third-order valence-corrected chi connectivity index (χ3v) is 4.38. The molecule has 0 aliphatic carbocycles. The summed E-state index contributed by atoms with van der Waals surface area (Å²) in [5, 5.41) is 3.96. The molecule has 0 fully saturated rings. The number of benzene rings is 1. The van der Waals surface area contributed by atoms with Crippen molar-refractivity contribution in [1.82, 2.24) is 9.88 Å². The molecule has 0 radical (unpaired) electrons. The first-order valence-corrected chi connectivity index (χ1v) is 7.38. The van der Waals surface area contributed by atoms with Crippen LogP contribution in [0.5, 0.6) is 0 Å². The molecule has 1 unspecified atom stereocenters. The van der Waals surface area contributed by atoms with E-state index in [-0.39, 0.29) is 0 Å². The zero-order valence-electron chi connectivity index (χ0n) is 11.6. The first-order chi connectivity index (χ1) is 9.04. The van der Waals surface area contributed by atoms with Crippen LogP contribution in [-0.4, -0.2) is 15.9 Å². The summed E-state index contributed by atoms with van der Waals surface area (Å²) in [4.78, 5) is 0.805. The van der Waals surface area contributed by atoms with Gasteiger partial charge in [-0.2, -0.15) is 0 Å². The van der Waals surface area contributed by atoms with Crippen molar-refractivity contribution in [1.29, 1.82) is 0 Å². The lowest BCUT2D eigenvalue weighted by molar-refractivity contribution is 0.393. The quantitative estimate of drug-likeness (QED) is 0.935. The molecule has 1 aromatic carbocycles. The Balaban J connectivity index is 2.50. The number of hydrogen-bond acceptors (Lipinski definition) is 3. The van der Waals surface area contributed by atoms with Gasteiger partial charge in [-0.1, -0.05) is 24.2 Å². The van der Waals surface area contributed by atoms with Crippen molar-refractivity contribution in [3.63, 3.8) is 0 Å². The van der Waals surface area contributed by atoms with E-state index >= 15 is 0 Å². The van der Waals surface area contributed by atoms with Gasteiger partial charge in [0, 0.05) is 12.1 Å². The molecule has 19 heavy (non-hydrogen) atoms. The first kappa shape index (κ1) is 14.0. The number of hydrogen-bond donors (Lipinski definition) is 1. The van der Waals surface area contributed by atoms with E-state index in [0.29, 0.717) is 6.54 Å². The van der Waals surface area contributed by atoms with E-state index in [1.165, 1.54) is 0 Å². The van der Waals surface area contributed by atoms with E-state index < -0.39 is 11.0 Å². The van der Waals surface area contributed by atoms with Gasteiger partial charge in [-0.3, -0.25) is 0 Å². The van der Waals surface area contributed by atoms with Crippen LogP contribution in [0.3, 0.4) is 0 Å². The average Bonchev–Trinajstić information content (AvgIpc) is 2.70. The van der Waals surface area contributed by atoms with Gasteiger partial charge in [-0.05, 0) is 38.0 Å². The van der Waals surface area contributed by atoms with Crippen molar-refractivity contribution in [3.8, 4) is 11.1 Å². The molecule has 1 N–H and O–H groups in total. The molecule has 2 aromatic rings. The molecule has 0 aliphatic rings. The largest absolute Gasteiger partial charge is 0.361 e. The lowest BCUT2D eigenvalue weighted by atomic mass is 10.0. The molecule has 0 saturated carbocycles. The van der Waals surface area contributed by atoms with E-state index in [2.05, 4.69) is 9.88 Å². The number of nitrogens with zero attached hydrogens (tertiary/aromatic N) is 1. The van der Waals surface area contributed by atoms with Gasteiger partial charge < -0.3 is 4.52 Å². The van der Waals surface area contributed by atoms with Crippen LogP contribution in [0.1, 0.15) is 23.9 Å². The Kier molecular flexibility index (Phi) is 4.17. The van der Waals surface area contributed by atoms with E-state index in [4.69, 9.17) is 4.52 Å². The molecular formula is C14H18N2O2S. The number of aromatic nitrogens is 1. The number of aryl methyl sites for hydroxylation is 3. The summed E-state index contributed by atoms with van der Waals surface area (Å²) in [6.07, 6.45) is 0. The van der Waals surface area contributed by atoms with Gasteiger partial charge in [-0.25, -0.2) is 8.93 Å². The Morgan fingerprint density at radius 3 is 2.63 bits per heavy atom. The van der Waals surface area contributed by atoms with Crippen LogP contribution in [0, 0.1) is 20.8 Å². The Morgan fingerprint density at radius 2 is 2.05 bits per heavy atom. The van der Waals surface area contributed by atoms with Gasteiger partial charge in [0.2, 0.25) is 0 Å². The lowest BCUT2D eigenvalue weighted by Gasteiger charge is -2.09. The molecule has 0 amide bonds. The molecule has 0 bridgehead atoms. The molecule has 0 saturated heterocycles. The third kappa shape index (κ3) is 2.77. The molecule has 1 aromatic heterocycles. The predicted octanol–water partition coefficient (Wildman–Crippen LogP) is 2.90. The maximum Gasteiger partial charge on any atom is 0.141 e. The summed E-state index contributed by atoms with van der Waals surface area (Å²) in [6, 6.07) is 5.93. The highest BCUT2D eigenvalue weighted by atomic mass is 32.2. The fraction of sp³-hybridized carbons (Fsp3) is 0.357. The monoisotopic (exact) mass is 278 g/mol. The maximum atomic E-state index is 12.1. The van der Waals surface area contributed by atoms with Crippen LogP contribution >= 0.6 is 0 Å². The van der Waals surface area contributed by atoms with Gasteiger partial charge in [0.1, 0.15) is 16.7 Å². The molecule has 0 spiro atoms. The number of rotatable bonds is 4. The topological polar surface area (TPSA) is 55.1 Å². The van der Waals surface area contributed by atoms with Crippen LogP contribution in [0.2, 0.25) is 0 Å². The molecule has 5 heteroatoms. The smallest absolute Gasteiger partial charge is 0.141 e. The summed E-state index contributed by atoms with van der Waals surface area (Å²) in [7, 11) is -1.18. The molecule has 4 nitrogen and oxygen atoms in total. The number of nitrogens with one attached hydrogen (secondary N) is 1. The molecule has 1 atom stereocenters. The van der Waals surface area contributed by atoms with Crippen molar-refractivity contribution < 1.29 is 8.73 Å². The average molecular weight is 278 g/mol. The molecule has 1 heterocycles. The molecule has 2 rings (SSSR count). The normalized spacial score (nSPS) is 12.6. The van der Waals surface area contributed by atoms with Gasteiger partial charge in [-0.15, -0.1) is 0 Å². The Bertz CT molecular complexity index is 600. The van der Waals surface area contributed by atoms with Gasteiger partial charge >= 0.3 is 0 Å². The van der Waals surface area contributed by atoms with Crippen LogP contribution in [-0.2, 0) is 11.0 Å². The van der Waals surface area contributed by atoms with E-state index in [9.17, 15) is 4.21 Å². The van der Waals surface area contributed by atoms with Gasteiger partial charge in [0.15, 0.2) is 0 Å². The minimum absolute atomic E-state index is 0.668. The third-order valence-electron chi connectivity index (χ3n) is 2.99. The van der Waals surface area contributed by atoms with Crippen LogP contribution in [0.25, 0.3) is 11.1 Å². The fourth-order valence-electron chi connectivity index (χ4n) is 2.06. The van der Waals surface area contributed by atoms with Gasteiger partial charge in [0.05, 0.1) is 10.6 Å². The van der Waals surface area contributed by atoms with Crippen molar-refractivity contribution in [2.45, 2.75) is 32.6 Å². The second-order valence-corrected chi connectivity index (χ2v) is 5.71. The second kappa shape index (κ2) is 5.67. The summed E-state index contributed by atoms with van der Waals surface area (Å²) in [6.45, 7) is 8.36. The van der Waals surface area contributed by atoms with E-state index in [1.54, 1.807) is 0 Å². The Hall–Kier alpha value is -1.46. The summed E-state index contributed by atoms with van der Waals surface area (Å²) < 4.78 is 20.2. The van der Waals surface area contributed by atoms with Crippen LogP contribution in [0.15, 0.2) is 27.6 Å². The van der Waals surface area contributed by atoms with E-state index in [0.717, 1.165) is 33.0 Å². The van der Waals surface area contributed by atoms with Crippen LogP contribution < -0.4 is 4.72 Å². The zero-order valence-corrected chi connectivity index (χ0v) is 12.4. The summed E-state index contributed by atoms with van der Waals surface area (Å²) in [5.74, 6) is 0.779. The molecule has 102 valence electrons. The van der Waals surface area contributed by atoms with Crippen molar-refractivity contribution in [2.24, 2.45) is 0 Å². The first-order valence-electron chi connectivity index (χ1n) is 6.23. The Labute approximate surface area is 115 Å². The molecular weight excluding hydrogens is 260 g/mol. The summed E-state index contributed by atoms with van der Waals surface area (Å²) in [5.41, 5.74) is 3.83. The predicted molar refractivity (Wildman–Crippen MR) is 76.2 cm³/mol. The molecule has 0 aliphatic heterocycles. The second-order valence-electron chi connectivity index (χ2n) is 4.45. The standard InChI is InChI=1S/C14H18N2O2S/c1-5-15-19(17)13-8-12(7-6-9(13)2)14-10(3)16-18-11(14)4/h6-8,15H,5H2,1-4H3. The maximum absolute atomic E-state index is 12.1. The van der Waals surface area contributed by atoms with Crippen molar-refractivity contribution in [2.75, 3.05) is 6.54 Å². The lowest BCUT2D eigenvalue weighted by Crippen LogP contribution is -2.17. The van der Waals surface area contributed by atoms with Crippen molar-refractivity contribution >= 4 is 11.0 Å². The SMILES string of the molecule is CCNS(=O)c1cc(-c2c(C)noc2C)ccc1C. The minimum atomic E-state index is -1.18. The van der Waals surface area contributed by atoms with Crippen LogP contribution in [0.4, 0.5) is 0 Å². The summed E-state index contributed by atoms with van der Waals surface area (Å²) >= 11 is 0. The highest BCUT2D eigenvalue weighted by molar-refractivity contribution is 7.83. The highest BCUT2D eigenvalue weighted by Crippen LogP contribution is 2.29. The van der Waals surface area contributed by atoms with E-state index in [1.807, 2.05) is 45.9 Å². The highest BCUT2D eigenvalue weighted by Gasteiger charge is 2.14. The fourth-order valence-corrected chi connectivity index (χ4v) is 3.07. The Morgan fingerprint density at radius 1 is 1.32 bits per heavy atom. The minimum Gasteiger partial charge on any atom is -0.361 e.